The van der Waals surface area contributed by atoms with E-state index in [1.807, 2.05) is 0 Å². The predicted octanol–water partition coefficient (Wildman–Crippen LogP) is 1.73. The summed E-state index contributed by atoms with van der Waals surface area (Å²) in [7, 11) is -3.82. The number of sulfonamides is 1. The van der Waals surface area contributed by atoms with Gasteiger partial charge in [-0.15, -0.1) is 0 Å². The number of aromatic nitrogens is 1. The van der Waals surface area contributed by atoms with E-state index in [1.54, 1.807) is 34.6 Å². The number of nitrogens with zero attached hydrogens (tertiary/aromatic N) is 1. The number of carbonyl (C=O) groups is 1. The second-order valence-corrected chi connectivity index (χ2v) is 7.78. The summed E-state index contributed by atoms with van der Waals surface area (Å²) >= 11 is 0. The molecule has 0 aliphatic rings. The molecular formula is C14H22N2O4S. The van der Waals surface area contributed by atoms with Crippen molar-refractivity contribution in [2.75, 3.05) is 0 Å². The van der Waals surface area contributed by atoms with Crippen molar-refractivity contribution in [1.82, 2.24) is 9.71 Å². The molecule has 7 heteroatoms. The van der Waals surface area contributed by atoms with Crippen molar-refractivity contribution in [2.45, 2.75) is 51.2 Å². The lowest BCUT2D eigenvalue weighted by molar-refractivity contribution is -0.158. The van der Waals surface area contributed by atoms with E-state index in [-0.39, 0.29) is 10.8 Å². The van der Waals surface area contributed by atoms with Crippen molar-refractivity contribution in [3.63, 3.8) is 0 Å². The maximum atomic E-state index is 12.3. The Labute approximate surface area is 126 Å². The number of ether oxygens (including phenoxy) is 1. The molecule has 6 nitrogen and oxygen atoms in total. The van der Waals surface area contributed by atoms with Crippen LogP contribution in [0.15, 0.2) is 29.4 Å². The van der Waals surface area contributed by atoms with Crippen molar-refractivity contribution in [1.29, 1.82) is 0 Å². The lowest BCUT2D eigenvalue weighted by atomic mass is 10.1. The van der Waals surface area contributed by atoms with Crippen LogP contribution in [-0.2, 0) is 19.6 Å². The predicted molar refractivity (Wildman–Crippen MR) is 79.0 cm³/mol. The van der Waals surface area contributed by atoms with Crippen molar-refractivity contribution < 1.29 is 17.9 Å². The third kappa shape index (κ3) is 5.43. The van der Waals surface area contributed by atoms with Crippen LogP contribution in [0.2, 0.25) is 0 Å². The SMILES string of the molecule is CC(C)[C@@H](NS(=O)(=O)c1cccnc1)C(=O)OC(C)(C)C. The third-order valence-corrected chi connectivity index (χ3v) is 3.98. The Bertz CT molecular complexity index is 577. The summed E-state index contributed by atoms with van der Waals surface area (Å²) in [6, 6.07) is 1.99. The molecule has 0 amide bonds. The Morgan fingerprint density at radius 1 is 1.33 bits per heavy atom. The average Bonchev–Trinajstić information content (AvgIpc) is 2.34. The monoisotopic (exact) mass is 314 g/mol. The van der Waals surface area contributed by atoms with Gasteiger partial charge in [0.2, 0.25) is 10.0 Å². The number of hydrogen-bond acceptors (Lipinski definition) is 5. The van der Waals surface area contributed by atoms with E-state index in [2.05, 4.69) is 9.71 Å². The van der Waals surface area contributed by atoms with Crippen molar-refractivity contribution in [2.24, 2.45) is 5.92 Å². The molecule has 0 spiro atoms. The fourth-order valence-corrected chi connectivity index (χ4v) is 2.86. The van der Waals surface area contributed by atoms with Gasteiger partial charge in [0.15, 0.2) is 0 Å². The standard InChI is InChI=1S/C14H22N2O4S/c1-10(2)12(13(17)20-14(3,4)5)16-21(18,19)11-7-6-8-15-9-11/h6-10,12,16H,1-5H3/t12-/m1/s1. The third-order valence-electron chi connectivity index (χ3n) is 2.55. The van der Waals surface area contributed by atoms with E-state index >= 15 is 0 Å². The van der Waals surface area contributed by atoms with Crippen LogP contribution in [0.4, 0.5) is 0 Å². The van der Waals surface area contributed by atoms with E-state index in [1.165, 1.54) is 24.5 Å². The van der Waals surface area contributed by atoms with Crippen molar-refractivity contribution in [3.8, 4) is 0 Å². The second-order valence-electron chi connectivity index (χ2n) is 6.07. The molecule has 0 unspecified atom stereocenters. The zero-order valence-corrected chi connectivity index (χ0v) is 13.8. The minimum Gasteiger partial charge on any atom is -0.459 e. The molecule has 1 N–H and O–H groups in total. The van der Waals surface area contributed by atoms with Gasteiger partial charge in [0.1, 0.15) is 16.5 Å². The van der Waals surface area contributed by atoms with Gasteiger partial charge in [-0.2, -0.15) is 4.72 Å². The molecule has 21 heavy (non-hydrogen) atoms. The van der Waals surface area contributed by atoms with E-state index < -0.39 is 27.6 Å². The molecule has 0 saturated carbocycles. The highest BCUT2D eigenvalue weighted by atomic mass is 32.2. The van der Waals surface area contributed by atoms with Gasteiger partial charge in [0.05, 0.1) is 0 Å². The molecule has 1 rings (SSSR count). The van der Waals surface area contributed by atoms with Crippen LogP contribution in [0.1, 0.15) is 34.6 Å². The highest BCUT2D eigenvalue weighted by molar-refractivity contribution is 7.89. The maximum absolute atomic E-state index is 12.3. The highest BCUT2D eigenvalue weighted by Gasteiger charge is 2.32. The zero-order valence-electron chi connectivity index (χ0n) is 13.0. The van der Waals surface area contributed by atoms with Gasteiger partial charge in [-0.3, -0.25) is 9.78 Å². The van der Waals surface area contributed by atoms with Crippen LogP contribution in [-0.4, -0.2) is 31.0 Å². The number of esters is 1. The van der Waals surface area contributed by atoms with Crippen LogP contribution < -0.4 is 4.72 Å². The molecular weight excluding hydrogens is 292 g/mol. The summed E-state index contributed by atoms with van der Waals surface area (Å²) < 4.78 is 32.2. The lowest BCUT2D eigenvalue weighted by Crippen LogP contribution is -2.47. The molecule has 1 atom stereocenters. The molecule has 0 fully saturated rings. The Morgan fingerprint density at radius 2 is 1.95 bits per heavy atom. The Hall–Kier alpha value is -1.47. The lowest BCUT2D eigenvalue weighted by Gasteiger charge is -2.26. The Kier molecular flexibility index (Phi) is 5.47. The number of rotatable bonds is 5. The minimum absolute atomic E-state index is 0.0132. The molecule has 1 heterocycles. The number of nitrogens with one attached hydrogen (secondary N) is 1. The Balaban J connectivity index is 2.97. The van der Waals surface area contributed by atoms with Gasteiger partial charge in [-0.05, 0) is 38.8 Å². The smallest absolute Gasteiger partial charge is 0.324 e. The van der Waals surface area contributed by atoms with Gasteiger partial charge in [-0.1, -0.05) is 13.8 Å². The molecule has 1 aromatic rings. The summed E-state index contributed by atoms with van der Waals surface area (Å²) in [5.41, 5.74) is -0.677. The quantitative estimate of drug-likeness (QED) is 0.837. The summed E-state index contributed by atoms with van der Waals surface area (Å²) in [6.45, 7) is 8.70. The van der Waals surface area contributed by atoms with Crippen LogP contribution in [0.5, 0.6) is 0 Å². The molecule has 118 valence electrons. The van der Waals surface area contributed by atoms with Crippen LogP contribution in [0.25, 0.3) is 0 Å². The molecule has 0 aromatic carbocycles. The van der Waals surface area contributed by atoms with Gasteiger partial charge >= 0.3 is 5.97 Å². The summed E-state index contributed by atoms with van der Waals surface area (Å²) in [6.07, 6.45) is 2.71. The van der Waals surface area contributed by atoms with E-state index in [0.29, 0.717) is 0 Å². The summed E-state index contributed by atoms with van der Waals surface area (Å²) in [5, 5.41) is 0. The second kappa shape index (κ2) is 6.53. The van der Waals surface area contributed by atoms with Gasteiger partial charge in [0, 0.05) is 12.4 Å². The fourth-order valence-electron chi connectivity index (χ4n) is 1.56. The van der Waals surface area contributed by atoms with Crippen molar-refractivity contribution >= 4 is 16.0 Å². The number of hydrogen-bond donors (Lipinski definition) is 1. The van der Waals surface area contributed by atoms with Crippen LogP contribution >= 0.6 is 0 Å². The molecule has 0 bridgehead atoms. The van der Waals surface area contributed by atoms with Crippen molar-refractivity contribution in [3.05, 3.63) is 24.5 Å². The van der Waals surface area contributed by atoms with Gasteiger partial charge in [-0.25, -0.2) is 8.42 Å². The normalized spacial score (nSPS) is 14.0. The minimum atomic E-state index is -3.82. The Morgan fingerprint density at radius 3 is 2.38 bits per heavy atom. The molecule has 0 radical (unpaired) electrons. The number of carbonyl (C=O) groups excluding carboxylic acids is 1. The molecule has 0 aliphatic heterocycles. The maximum Gasteiger partial charge on any atom is 0.324 e. The molecule has 0 saturated heterocycles. The average molecular weight is 314 g/mol. The van der Waals surface area contributed by atoms with Crippen LogP contribution in [0.3, 0.4) is 0 Å². The largest absolute Gasteiger partial charge is 0.459 e. The summed E-state index contributed by atoms with van der Waals surface area (Å²) in [5.74, 6) is -0.837. The highest BCUT2D eigenvalue weighted by Crippen LogP contribution is 2.15. The molecule has 1 aromatic heterocycles. The fraction of sp³-hybridized carbons (Fsp3) is 0.571. The first kappa shape index (κ1) is 17.6. The van der Waals surface area contributed by atoms with E-state index in [9.17, 15) is 13.2 Å². The molecule has 0 aliphatic carbocycles. The topological polar surface area (TPSA) is 85.4 Å². The van der Waals surface area contributed by atoms with E-state index in [0.717, 1.165) is 0 Å². The number of pyridine rings is 1. The first-order chi connectivity index (χ1) is 9.53. The summed E-state index contributed by atoms with van der Waals surface area (Å²) in [4.78, 5) is 15.9. The zero-order chi connectivity index (χ0) is 16.3. The van der Waals surface area contributed by atoms with Gasteiger partial charge in [0.25, 0.3) is 0 Å². The first-order valence-corrected chi connectivity index (χ1v) is 8.16. The van der Waals surface area contributed by atoms with E-state index in [4.69, 9.17) is 4.74 Å². The van der Waals surface area contributed by atoms with Crippen LogP contribution in [0, 0.1) is 5.92 Å². The first-order valence-electron chi connectivity index (χ1n) is 6.68. The van der Waals surface area contributed by atoms with Gasteiger partial charge < -0.3 is 4.74 Å².